The molecule has 0 aliphatic rings. The standard InChI is InChI=1S/C10H12N2OS2/c1-2-13-6-7-14-10-12-8-4-3-5-11-9(8)15-10/h3-5H,2,6-7H2,1H3. The van der Waals surface area contributed by atoms with Crippen molar-refractivity contribution >= 4 is 33.4 Å². The summed E-state index contributed by atoms with van der Waals surface area (Å²) in [6.45, 7) is 3.57. The third kappa shape index (κ3) is 2.90. The molecule has 15 heavy (non-hydrogen) atoms. The smallest absolute Gasteiger partial charge is 0.152 e. The van der Waals surface area contributed by atoms with Crippen LogP contribution in [0, 0.1) is 0 Å². The predicted octanol–water partition coefficient (Wildman–Crippen LogP) is 2.82. The van der Waals surface area contributed by atoms with Gasteiger partial charge in [-0.1, -0.05) is 23.1 Å². The molecule has 3 nitrogen and oxygen atoms in total. The molecule has 0 saturated heterocycles. The van der Waals surface area contributed by atoms with E-state index >= 15 is 0 Å². The van der Waals surface area contributed by atoms with Crippen molar-refractivity contribution < 1.29 is 4.74 Å². The highest BCUT2D eigenvalue weighted by Gasteiger charge is 2.03. The lowest BCUT2D eigenvalue weighted by Gasteiger charge is -1.97. The van der Waals surface area contributed by atoms with Crippen molar-refractivity contribution in [1.82, 2.24) is 9.97 Å². The van der Waals surface area contributed by atoms with E-state index in [1.807, 2.05) is 19.1 Å². The van der Waals surface area contributed by atoms with Crippen LogP contribution in [0.2, 0.25) is 0 Å². The lowest BCUT2D eigenvalue weighted by molar-refractivity contribution is 0.164. The molecule has 5 heteroatoms. The van der Waals surface area contributed by atoms with Crippen molar-refractivity contribution in [2.24, 2.45) is 0 Å². The highest BCUT2D eigenvalue weighted by atomic mass is 32.2. The summed E-state index contributed by atoms with van der Waals surface area (Å²) in [6, 6.07) is 3.90. The van der Waals surface area contributed by atoms with Gasteiger partial charge in [0.15, 0.2) is 4.34 Å². The zero-order valence-corrected chi connectivity index (χ0v) is 10.1. The molecule has 0 spiro atoms. The largest absolute Gasteiger partial charge is 0.381 e. The van der Waals surface area contributed by atoms with Gasteiger partial charge in [0.05, 0.1) is 6.61 Å². The zero-order chi connectivity index (χ0) is 10.5. The van der Waals surface area contributed by atoms with Gasteiger partial charge in [0.2, 0.25) is 0 Å². The normalized spacial score (nSPS) is 11.0. The second kappa shape index (κ2) is 5.44. The van der Waals surface area contributed by atoms with E-state index in [0.29, 0.717) is 0 Å². The fraction of sp³-hybridized carbons (Fsp3) is 0.400. The van der Waals surface area contributed by atoms with Gasteiger partial charge in [-0.05, 0) is 19.1 Å². The Morgan fingerprint density at radius 1 is 1.53 bits per heavy atom. The van der Waals surface area contributed by atoms with E-state index in [0.717, 1.165) is 33.7 Å². The van der Waals surface area contributed by atoms with Crippen LogP contribution in [0.1, 0.15) is 6.92 Å². The maximum Gasteiger partial charge on any atom is 0.152 e. The molecule has 0 radical (unpaired) electrons. The van der Waals surface area contributed by atoms with E-state index in [2.05, 4.69) is 9.97 Å². The number of rotatable bonds is 5. The molecule has 0 atom stereocenters. The van der Waals surface area contributed by atoms with Crippen molar-refractivity contribution in [2.45, 2.75) is 11.3 Å². The minimum atomic E-state index is 0.780. The molecular formula is C10H12N2OS2. The first kappa shape index (κ1) is 10.9. The topological polar surface area (TPSA) is 35.0 Å². The third-order valence-electron chi connectivity index (χ3n) is 1.80. The summed E-state index contributed by atoms with van der Waals surface area (Å²) in [7, 11) is 0. The fourth-order valence-electron chi connectivity index (χ4n) is 1.14. The number of hydrogen-bond donors (Lipinski definition) is 0. The van der Waals surface area contributed by atoms with Gasteiger partial charge in [-0.2, -0.15) is 0 Å². The Balaban J connectivity index is 1.97. The molecule has 2 heterocycles. The number of fused-ring (bicyclic) bond motifs is 1. The molecule has 0 N–H and O–H groups in total. The SMILES string of the molecule is CCOCCSc1nc2cccnc2s1. The molecular weight excluding hydrogens is 228 g/mol. The molecule has 0 aliphatic carbocycles. The van der Waals surface area contributed by atoms with E-state index in [-0.39, 0.29) is 0 Å². The number of pyridine rings is 1. The average Bonchev–Trinajstić information content (AvgIpc) is 2.67. The quantitative estimate of drug-likeness (QED) is 0.594. The minimum Gasteiger partial charge on any atom is -0.381 e. The fourth-order valence-corrected chi connectivity index (χ4v) is 3.05. The number of aromatic nitrogens is 2. The monoisotopic (exact) mass is 240 g/mol. The van der Waals surface area contributed by atoms with Gasteiger partial charge in [0.25, 0.3) is 0 Å². The Labute approximate surface area is 96.9 Å². The first-order valence-electron chi connectivity index (χ1n) is 4.82. The summed E-state index contributed by atoms with van der Waals surface area (Å²) in [4.78, 5) is 9.74. The number of ether oxygens (including phenoxy) is 1. The van der Waals surface area contributed by atoms with Crippen LogP contribution in [-0.4, -0.2) is 28.9 Å². The number of thioether (sulfide) groups is 1. The molecule has 0 bridgehead atoms. The molecule has 0 unspecified atom stereocenters. The third-order valence-corrected chi connectivity index (χ3v) is 3.89. The number of thiazole rings is 1. The van der Waals surface area contributed by atoms with Crippen LogP contribution >= 0.6 is 23.1 Å². The maximum atomic E-state index is 5.27. The van der Waals surface area contributed by atoms with Crippen LogP contribution in [0.3, 0.4) is 0 Å². The van der Waals surface area contributed by atoms with Gasteiger partial charge in [0.1, 0.15) is 10.3 Å². The maximum absolute atomic E-state index is 5.27. The van der Waals surface area contributed by atoms with Gasteiger partial charge < -0.3 is 4.74 Å². The lowest BCUT2D eigenvalue weighted by atomic mass is 10.5. The summed E-state index contributed by atoms with van der Waals surface area (Å²) in [5, 5.41) is 0. The minimum absolute atomic E-state index is 0.780. The van der Waals surface area contributed by atoms with E-state index in [1.54, 1.807) is 29.3 Å². The van der Waals surface area contributed by atoms with Gasteiger partial charge in [-0.3, -0.25) is 0 Å². The second-order valence-electron chi connectivity index (χ2n) is 2.85. The Morgan fingerprint density at radius 3 is 3.27 bits per heavy atom. The number of hydrogen-bond acceptors (Lipinski definition) is 5. The molecule has 0 saturated carbocycles. The Hall–Kier alpha value is -0.650. The van der Waals surface area contributed by atoms with E-state index in [4.69, 9.17) is 4.74 Å². The Bertz CT molecular complexity index is 397. The highest BCUT2D eigenvalue weighted by Crippen LogP contribution is 2.27. The van der Waals surface area contributed by atoms with Crippen LogP contribution in [0.5, 0.6) is 0 Å². The first-order valence-corrected chi connectivity index (χ1v) is 6.62. The first-order chi connectivity index (χ1) is 7.40. The van der Waals surface area contributed by atoms with Crippen molar-refractivity contribution in [1.29, 1.82) is 0 Å². The predicted molar refractivity (Wildman–Crippen MR) is 64.6 cm³/mol. The van der Waals surface area contributed by atoms with Crippen LogP contribution in [-0.2, 0) is 4.74 Å². The Kier molecular flexibility index (Phi) is 3.94. The summed E-state index contributed by atoms with van der Waals surface area (Å²) in [5.74, 6) is 0.952. The number of nitrogens with zero attached hydrogens (tertiary/aromatic N) is 2. The molecule has 2 aromatic rings. The molecule has 80 valence electrons. The van der Waals surface area contributed by atoms with Gasteiger partial charge in [0, 0.05) is 18.6 Å². The molecule has 0 aromatic carbocycles. The van der Waals surface area contributed by atoms with Crippen molar-refractivity contribution in [3.63, 3.8) is 0 Å². The van der Waals surface area contributed by atoms with E-state index < -0.39 is 0 Å². The van der Waals surface area contributed by atoms with Gasteiger partial charge in [-0.15, -0.1) is 0 Å². The van der Waals surface area contributed by atoms with Crippen molar-refractivity contribution in [3.8, 4) is 0 Å². The van der Waals surface area contributed by atoms with Gasteiger partial charge >= 0.3 is 0 Å². The van der Waals surface area contributed by atoms with E-state index in [1.165, 1.54) is 0 Å². The molecule has 0 fully saturated rings. The molecule has 0 aliphatic heterocycles. The molecule has 2 aromatic heterocycles. The van der Waals surface area contributed by atoms with Crippen molar-refractivity contribution in [2.75, 3.05) is 19.0 Å². The molecule has 2 rings (SSSR count). The van der Waals surface area contributed by atoms with Crippen LogP contribution in [0.25, 0.3) is 10.3 Å². The zero-order valence-electron chi connectivity index (χ0n) is 8.47. The second-order valence-corrected chi connectivity index (χ2v) is 5.17. The summed E-state index contributed by atoms with van der Waals surface area (Å²) in [5.41, 5.74) is 0.987. The Morgan fingerprint density at radius 2 is 2.47 bits per heavy atom. The van der Waals surface area contributed by atoms with Crippen molar-refractivity contribution in [3.05, 3.63) is 18.3 Å². The van der Waals surface area contributed by atoms with Gasteiger partial charge in [-0.25, -0.2) is 9.97 Å². The lowest BCUT2D eigenvalue weighted by Crippen LogP contribution is -1.95. The van der Waals surface area contributed by atoms with Crippen LogP contribution in [0.15, 0.2) is 22.7 Å². The summed E-state index contributed by atoms with van der Waals surface area (Å²) < 4.78 is 6.34. The summed E-state index contributed by atoms with van der Waals surface area (Å²) >= 11 is 3.37. The summed E-state index contributed by atoms with van der Waals surface area (Å²) in [6.07, 6.45) is 1.80. The van der Waals surface area contributed by atoms with Crippen LogP contribution in [0.4, 0.5) is 0 Å². The highest BCUT2D eigenvalue weighted by molar-refractivity contribution is 8.01. The average molecular weight is 240 g/mol. The van der Waals surface area contributed by atoms with Crippen LogP contribution < -0.4 is 0 Å². The van der Waals surface area contributed by atoms with E-state index in [9.17, 15) is 0 Å². The molecule has 0 amide bonds.